The number of benzene rings is 3. The second-order valence-corrected chi connectivity index (χ2v) is 9.10. The van der Waals surface area contributed by atoms with E-state index in [0.717, 1.165) is 52.0 Å². The minimum atomic E-state index is 0. The highest BCUT2D eigenvalue weighted by Crippen LogP contribution is 2.39. The molecule has 196 valence electrons. The Bertz CT molecular complexity index is 1100. The number of phenols is 1. The monoisotopic (exact) mass is 512 g/mol. The lowest BCUT2D eigenvalue weighted by molar-refractivity contribution is 0.414. The van der Waals surface area contributed by atoms with Crippen LogP contribution in [0.4, 0.5) is 0 Å². The smallest absolute Gasteiger partial charge is 0.122 e. The molecule has 0 aliphatic rings. The fraction of sp³-hybridized carbons (Fsp3) is 0.379. The van der Waals surface area contributed by atoms with Gasteiger partial charge in [0, 0.05) is 0 Å². The quantitative estimate of drug-likeness (QED) is 0.265. The maximum Gasteiger partial charge on any atom is 0.122 e. The van der Waals surface area contributed by atoms with Crippen LogP contribution in [0, 0.1) is 13.8 Å². The maximum atomic E-state index is 10.7. The van der Waals surface area contributed by atoms with Crippen molar-refractivity contribution in [1.82, 2.24) is 0 Å². The van der Waals surface area contributed by atoms with Gasteiger partial charge in [-0.3, -0.25) is 0 Å². The van der Waals surface area contributed by atoms with Gasteiger partial charge in [-0.1, -0.05) is 12.1 Å². The molecule has 0 amide bonds. The van der Waals surface area contributed by atoms with Crippen molar-refractivity contribution in [3.63, 3.8) is 0 Å². The molecule has 3 rings (SSSR count). The minimum absolute atomic E-state index is 0. The van der Waals surface area contributed by atoms with Gasteiger partial charge < -0.3 is 32.8 Å². The van der Waals surface area contributed by atoms with Crippen LogP contribution < -0.4 is 27.7 Å². The van der Waals surface area contributed by atoms with Crippen molar-refractivity contribution < 1.29 is 9.84 Å². The molecule has 0 spiro atoms. The largest absolute Gasteiger partial charge is 0.507 e. The molecule has 0 saturated heterocycles. The average Bonchev–Trinajstić information content (AvgIpc) is 2.82. The van der Waals surface area contributed by atoms with E-state index in [1.807, 2.05) is 0 Å². The van der Waals surface area contributed by atoms with E-state index in [1.54, 1.807) is 7.11 Å². The van der Waals surface area contributed by atoms with Gasteiger partial charge in [0.15, 0.2) is 0 Å². The van der Waals surface area contributed by atoms with Gasteiger partial charge in [-0.15, -0.1) is 12.4 Å². The molecule has 0 bridgehead atoms. The predicted molar refractivity (Wildman–Crippen MR) is 153 cm³/mol. The Morgan fingerprint density at radius 3 is 1.39 bits per heavy atom. The standard InChI is InChI=1S/C29H40N4O2.ClH/c1-18-12-24(28-20(4-8-30)16-26(35-3)17-21(28)5-9-31)13-19(2)27(18)25-14-22(6-10-32)29(34)23(15-25)7-11-33;/h12-17,34H,4-11,30-33H2,1-3H3;1H. The van der Waals surface area contributed by atoms with Crippen molar-refractivity contribution in [3.8, 4) is 33.8 Å². The van der Waals surface area contributed by atoms with E-state index in [0.29, 0.717) is 44.8 Å². The van der Waals surface area contributed by atoms with Crippen LogP contribution in [0.2, 0.25) is 0 Å². The van der Waals surface area contributed by atoms with Crippen molar-refractivity contribution in [2.45, 2.75) is 39.5 Å². The van der Waals surface area contributed by atoms with E-state index in [2.05, 4.69) is 50.2 Å². The first kappa shape index (κ1) is 29.6. The summed E-state index contributed by atoms with van der Waals surface area (Å²) in [6.07, 6.45) is 2.74. The molecule has 0 aliphatic heterocycles. The summed E-state index contributed by atoms with van der Waals surface area (Å²) >= 11 is 0. The predicted octanol–water partition coefficient (Wildman–Crippen LogP) is 3.78. The number of halogens is 1. The second-order valence-electron chi connectivity index (χ2n) is 9.10. The summed E-state index contributed by atoms with van der Waals surface area (Å²) in [4.78, 5) is 0. The molecule has 0 saturated carbocycles. The number of ether oxygens (including phenoxy) is 1. The van der Waals surface area contributed by atoms with Crippen molar-refractivity contribution in [1.29, 1.82) is 0 Å². The molecule has 0 atom stereocenters. The van der Waals surface area contributed by atoms with Crippen molar-refractivity contribution in [3.05, 3.63) is 69.8 Å². The molecule has 0 unspecified atom stereocenters. The molecule has 9 N–H and O–H groups in total. The summed E-state index contributed by atoms with van der Waals surface area (Å²) in [7, 11) is 1.69. The summed E-state index contributed by atoms with van der Waals surface area (Å²) < 4.78 is 5.56. The zero-order chi connectivity index (χ0) is 25.5. The van der Waals surface area contributed by atoms with Crippen LogP contribution in [-0.2, 0) is 25.7 Å². The molecule has 3 aromatic carbocycles. The van der Waals surface area contributed by atoms with Gasteiger partial charge in [0.1, 0.15) is 11.5 Å². The summed E-state index contributed by atoms with van der Waals surface area (Å²) in [5.41, 5.74) is 34.6. The first-order valence-electron chi connectivity index (χ1n) is 12.3. The Labute approximate surface area is 221 Å². The fourth-order valence-electron chi connectivity index (χ4n) is 5.09. The molecular weight excluding hydrogens is 472 g/mol. The van der Waals surface area contributed by atoms with E-state index < -0.39 is 0 Å². The zero-order valence-corrected chi connectivity index (χ0v) is 22.5. The van der Waals surface area contributed by atoms with Crippen LogP contribution in [0.25, 0.3) is 22.3 Å². The molecule has 7 heteroatoms. The van der Waals surface area contributed by atoms with Gasteiger partial charge in [-0.05, 0) is 146 Å². The number of aryl methyl sites for hydroxylation is 2. The summed E-state index contributed by atoms with van der Waals surface area (Å²) in [5, 5.41) is 10.7. The number of methoxy groups -OCH3 is 1. The normalized spacial score (nSPS) is 10.9. The maximum absolute atomic E-state index is 10.7. The molecule has 0 aromatic heterocycles. The fourth-order valence-corrected chi connectivity index (χ4v) is 5.09. The highest BCUT2D eigenvalue weighted by atomic mass is 35.5. The molecule has 0 aliphatic carbocycles. The second kappa shape index (κ2) is 13.6. The highest BCUT2D eigenvalue weighted by Gasteiger charge is 2.18. The van der Waals surface area contributed by atoms with E-state index in [4.69, 9.17) is 27.7 Å². The summed E-state index contributed by atoms with van der Waals surface area (Å²) in [6, 6.07) is 12.8. The number of nitrogens with two attached hydrogens (primary N) is 4. The van der Waals surface area contributed by atoms with E-state index >= 15 is 0 Å². The molecule has 36 heavy (non-hydrogen) atoms. The minimum Gasteiger partial charge on any atom is -0.507 e. The van der Waals surface area contributed by atoms with E-state index in [-0.39, 0.29) is 12.4 Å². The van der Waals surface area contributed by atoms with Gasteiger partial charge in [-0.25, -0.2) is 0 Å². The Hall–Kier alpha value is -2.61. The lowest BCUT2D eigenvalue weighted by Gasteiger charge is -2.20. The van der Waals surface area contributed by atoms with E-state index in [1.165, 1.54) is 22.3 Å². The number of rotatable bonds is 11. The number of phenolic OH excluding ortho intramolecular Hbond substituents is 1. The lowest BCUT2D eigenvalue weighted by atomic mass is 9.85. The molecular formula is C29H41ClN4O2. The van der Waals surface area contributed by atoms with Gasteiger partial charge in [0.05, 0.1) is 7.11 Å². The average molecular weight is 513 g/mol. The lowest BCUT2D eigenvalue weighted by Crippen LogP contribution is -2.09. The van der Waals surface area contributed by atoms with Gasteiger partial charge in [0.25, 0.3) is 0 Å². The molecule has 0 radical (unpaired) electrons. The Morgan fingerprint density at radius 2 is 1.00 bits per heavy atom. The van der Waals surface area contributed by atoms with Gasteiger partial charge in [-0.2, -0.15) is 0 Å². The SMILES string of the molecule is COc1cc(CCN)c(-c2cc(C)c(-c3cc(CCN)c(O)c(CCN)c3)c(C)c2)c(CCN)c1.Cl. The van der Waals surface area contributed by atoms with Crippen LogP contribution in [0.3, 0.4) is 0 Å². The van der Waals surface area contributed by atoms with Crippen molar-refractivity contribution >= 4 is 12.4 Å². The van der Waals surface area contributed by atoms with Gasteiger partial charge in [0.2, 0.25) is 0 Å². The van der Waals surface area contributed by atoms with E-state index in [9.17, 15) is 5.11 Å². The number of aromatic hydroxyl groups is 1. The highest BCUT2D eigenvalue weighted by molar-refractivity contribution is 5.85. The van der Waals surface area contributed by atoms with Crippen LogP contribution in [0.15, 0.2) is 36.4 Å². The summed E-state index contributed by atoms with van der Waals surface area (Å²) in [6.45, 7) is 6.33. The Balaban J connectivity index is 0.00000456. The first-order chi connectivity index (χ1) is 16.9. The Morgan fingerprint density at radius 1 is 0.611 bits per heavy atom. The Kier molecular flexibility index (Phi) is 11.2. The van der Waals surface area contributed by atoms with Gasteiger partial charge >= 0.3 is 0 Å². The third-order valence-corrected chi connectivity index (χ3v) is 6.54. The summed E-state index contributed by atoms with van der Waals surface area (Å²) in [5.74, 6) is 1.14. The van der Waals surface area contributed by atoms with Crippen LogP contribution in [0.5, 0.6) is 11.5 Å². The van der Waals surface area contributed by atoms with Crippen LogP contribution in [-0.4, -0.2) is 38.4 Å². The first-order valence-corrected chi connectivity index (χ1v) is 12.3. The number of hydrogen-bond acceptors (Lipinski definition) is 6. The molecule has 6 nitrogen and oxygen atoms in total. The number of hydrogen-bond donors (Lipinski definition) is 5. The third kappa shape index (κ3) is 6.38. The topological polar surface area (TPSA) is 134 Å². The van der Waals surface area contributed by atoms with Crippen LogP contribution in [0.1, 0.15) is 33.4 Å². The molecule has 0 fully saturated rings. The van der Waals surface area contributed by atoms with Crippen molar-refractivity contribution in [2.24, 2.45) is 22.9 Å². The molecule has 3 aromatic rings. The molecule has 0 heterocycles. The zero-order valence-electron chi connectivity index (χ0n) is 21.7. The van der Waals surface area contributed by atoms with Crippen molar-refractivity contribution in [2.75, 3.05) is 33.3 Å². The van der Waals surface area contributed by atoms with Crippen LogP contribution >= 0.6 is 12.4 Å². The third-order valence-electron chi connectivity index (χ3n) is 6.54.